The molecule has 0 atom stereocenters. The molecule has 1 saturated heterocycles. The van der Waals surface area contributed by atoms with Crippen LogP contribution in [0.1, 0.15) is 51.8 Å². The van der Waals surface area contributed by atoms with Crippen molar-refractivity contribution in [2.75, 3.05) is 19.8 Å². The van der Waals surface area contributed by atoms with Crippen molar-refractivity contribution >= 4 is 35.6 Å². The number of piperidine rings is 1. The highest BCUT2D eigenvalue weighted by Gasteiger charge is 2.23. The summed E-state index contributed by atoms with van der Waals surface area (Å²) in [6.07, 6.45) is 13.9. The number of hydrogen-bond donors (Lipinski definition) is 2. The number of nitrogens with zero attached hydrogens (tertiary/aromatic N) is 3. The van der Waals surface area contributed by atoms with Crippen molar-refractivity contribution < 1.29 is 13.6 Å². The minimum Gasteiger partial charge on any atom is -0.401 e. The molecule has 36 heavy (non-hydrogen) atoms. The number of carbonyl (C=O) groups is 1. The molecular formula is C26H35F2N5OS2. The van der Waals surface area contributed by atoms with Gasteiger partial charge in [0, 0.05) is 37.2 Å². The number of aromatic nitrogens is 2. The predicted octanol–water partition coefficient (Wildman–Crippen LogP) is 6.08. The first-order valence-electron chi connectivity index (χ1n) is 11.9. The van der Waals surface area contributed by atoms with E-state index >= 15 is 0 Å². The highest BCUT2D eigenvalue weighted by molar-refractivity contribution is 8.07. The van der Waals surface area contributed by atoms with E-state index in [9.17, 15) is 13.6 Å². The molecule has 0 amide bonds. The molecule has 196 valence electrons. The van der Waals surface area contributed by atoms with E-state index in [1.165, 1.54) is 30.0 Å². The highest BCUT2D eigenvalue weighted by atomic mass is 32.2. The van der Waals surface area contributed by atoms with E-state index < -0.39 is 12.5 Å². The largest absolute Gasteiger partial charge is 0.401 e. The van der Waals surface area contributed by atoms with Gasteiger partial charge in [-0.05, 0) is 56.7 Å². The van der Waals surface area contributed by atoms with E-state index in [0.29, 0.717) is 16.4 Å². The Morgan fingerprint density at radius 3 is 2.56 bits per heavy atom. The van der Waals surface area contributed by atoms with Crippen molar-refractivity contribution in [1.29, 1.82) is 0 Å². The van der Waals surface area contributed by atoms with Crippen molar-refractivity contribution in [2.45, 2.75) is 56.9 Å². The highest BCUT2D eigenvalue weighted by Crippen LogP contribution is 2.31. The first-order chi connectivity index (χ1) is 17.4. The van der Waals surface area contributed by atoms with E-state index in [-0.39, 0.29) is 24.7 Å². The van der Waals surface area contributed by atoms with Crippen LogP contribution in [0.15, 0.2) is 69.6 Å². The number of halogens is 2. The van der Waals surface area contributed by atoms with Gasteiger partial charge in [-0.25, -0.2) is 23.1 Å². The maximum absolute atomic E-state index is 14.2. The number of nitrogens with one attached hydrogen (secondary N) is 1. The van der Waals surface area contributed by atoms with Crippen LogP contribution in [0.5, 0.6) is 0 Å². The molecule has 2 heterocycles. The Bertz CT molecular complexity index is 981. The zero-order chi connectivity index (χ0) is 26.3. The van der Waals surface area contributed by atoms with Crippen LogP contribution in [0.4, 0.5) is 8.78 Å². The van der Waals surface area contributed by atoms with Crippen molar-refractivity contribution in [3.8, 4) is 0 Å². The van der Waals surface area contributed by atoms with Crippen LogP contribution < -0.4 is 11.1 Å². The fourth-order valence-corrected chi connectivity index (χ4v) is 5.30. The predicted molar refractivity (Wildman–Crippen MR) is 147 cm³/mol. The lowest BCUT2D eigenvalue weighted by molar-refractivity contribution is -0.114. The number of rotatable bonds is 14. The molecule has 1 aromatic rings. The Labute approximate surface area is 221 Å². The van der Waals surface area contributed by atoms with Crippen LogP contribution in [0.2, 0.25) is 0 Å². The fourth-order valence-electron chi connectivity index (χ4n) is 3.36. The summed E-state index contributed by atoms with van der Waals surface area (Å²) in [4.78, 5) is 22.6. The second-order valence-electron chi connectivity index (χ2n) is 8.12. The molecule has 1 fully saturated rings. The fraction of sp³-hybridized carbons (Fsp3) is 0.423. The standard InChI is InChI=1S/C26H35F2N5OS2/c1-4-9-25(35-26(19(3)29)23(34)16-20(28)10-7-6-8-13-27)32-21-11-14-33(15-12-21)36-22-17-30-24(5-2)31-18-22/h5-6,8-10,17-18,21,32H,2,4,7,11-16,29H2,1,3H3/b8-6-,20-10+,25-9-,26-19+. The summed E-state index contributed by atoms with van der Waals surface area (Å²) < 4.78 is 28.6. The lowest BCUT2D eigenvalue weighted by Crippen LogP contribution is -2.39. The summed E-state index contributed by atoms with van der Waals surface area (Å²) in [6.45, 7) is 8.52. The molecular weight excluding hydrogens is 500 g/mol. The first kappa shape index (κ1) is 29.8. The van der Waals surface area contributed by atoms with Gasteiger partial charge in [-0.3, -0.25) is 4.79 Å². The number of hydrogen-bond acceptors (Lipinski definition) is 8. The third kappa shape index (κ3) is 10.7. The third-order valence-electron chi connectivity index (χ3n) is 5.14. The van der Waals surface area contributed by atoms with Gasteiger partial charge in [0.1, 0.15) is 12.5 Å². The third-order valence-corrected chi connectivity index (χ3v) is 7.44. The molecule has 0 aliphatic carbocycles. The number of alkyl halides is 1. The molecule has 1 aliphatic rings. The van der Waals surface area contributed by atoms with Crippen LogP contribution in [0.25, 0.3) is 6.08 Å². The maximum Gasteiger partial charge on any atom is 0.178 e. The number of ketones is 1. The molecule has 0 saturated carbocycles. The zero-order valence-electron chi connectivity index (χ0n) is 20.9. The van der Waals surface area contributed by atoms with Crippen molar-refractivity contribution in [2.24, 2.45) is 5.73 Å². The quantitative estimate of drug-likeness (QED) is 0.168. The lowest BCUT2D eigenvalue weighted by atomic mass is 10.1. The van der Waals surface area contributed by atoms with Crippen LogP contribution >= 0.6 is 23.7 Å². The zero-order valence-corrected chi connectivity index (χ0v) is 22.5. The summed E-state index contributed by atoms with van der Waals surface area (Å²) >= 11 is 2.90. The summed E-state index contributed by atoms with van der Waals surface area (Å²) in [6, 6.07) is 0.250. The monoisotopic (exact) mass is 535 g/mol. The van der Waals surface area contributed by atoms with E-state index in [2.05, 4.69) is 26.2 Å². The van der Waals surface area contributed by atoms with Crippen LogP contribution in [0.3, 0.4) is 0 Å². The first-order valence-corrected chi connectivity index (χ1v) is 13.5. The van der Waals surface area contributed by atoms with Crippen LogP contribution in [0, 0.1) is 0 Å². The Balaban J connectivity index is 1.92. The molecule has 0 radical (unpaired) electrons. The Morgan fingerprint density at radius 2 is 1.97 bits per heavy atom. The molecule has 10 heteroatoms. The minimum atomic E-state index is -0.597. The topological polar surface area (TPSA) is 84.1 Å². The number of allylic oxidation sites excluding steroid dienone is 7. The Hall–Kier alpha value is -2.43. The van der Waals surface area contributed by atoms with E-state index in [1.54, 1.807) is 37.3 Å². The van der Waals surface area contributed by atoms with Gasteiger partial charge in [0.05, 0.1) is 21.3 Å². The number of Topliss-reactive ketones (excluding diaryl/α,β-unsaturated/α-hetero) is 1. The summed E-state index contributed by atoms with van der Waals surface area (Å²) in [5.74, 6) is -0.312. The molecule has 3 N–H and O–H groups in total. The molecule has 0 spiro atoms. The van der Waals surface area contributed by atoms with E-state index in [0.717, 1.165) is 42.3 Å². The summed E-state index contributed by atoms with van der Waals surface area (Å²) in [7, 11) is 0. The van der Waals surface area contributed by atoms with Gasteiger partial charge in [0.15, 0.2) is 11.6 Å². The second-order valence-corrected chi connectivity index (χ2v) is 10.3. The van der Waals surface area contributed by atoms with Crippen molar-refractivity contribution in [3.63, 3.8) is 0 Å². The van der Waals surface area contributed by atoms with Crippen LogP contribution in [-0.2, 0) is 4.79 Å². The molecule has 1 aromatic heterocycles. The van der Waals surface area contributed by atoms with E-state index in [4.69, 9.17) is 5.73 Å². The van der Waals surface area contributed by atoms with Crippen molar-refractivity contribution in [3.05, 3.63) is 70.6 Å². The Morgan fingerprint density at radius 1 is 1.28 bits per heavy atom. The number of thioether (sulfide) groups is 1. The molecule has 6 nitrogen and oxygen atoms in total. The van der Waals surface area contributed by atoms with Gasteiger partial charge in [0.25, 0.3) is 0 Å². The minimum absolute atomic E-state index is 0.240. The molecule has 0 unspecified atom stereocenters. The molecule has 1 aliphatic heterocycles. The number of carbonyl (C=O) groups excluding carboxylic acids is 1. The Kier molecular flexibility index (Phi) is 13.5. The average Bonchev–Trinajstić information content (AvgIpc) is 2.86. The van der Waals surface area contributed by atoms with Gasteiger partial charge >= 0.3 is 0 Å². The van der Waals surface area contributed by atoms with Gasteiger partial charge in [-0.15, -0.1) is 0 Å². The van der Waals surface area contributed by atoms with Gasteiger partial charge < -0.3 is 11.1 Å². The summed E-state index contributed by atoms with van der Waals surface area (Å²) in [5.41, 5.74) is 6.36. The molecule has 0 aromatic carbocycles. The lowest BCUT2D eigenvalue weighted by Gasteiger charge is -2.32. The summed E-state index contributed by atoms with van der Waals surface area (Å²) in [5, 5.41) is 4.40. The SMILES string of the molecule is C=Cc1ncc(SN2CCC(N/C(=C/CC)S/C(C(=O)C/C(F)=C\C/C=C\CF)=C(\C)N)CC2)cn1. The van der Waals surface area contributed by atoms with Crippen LogP contribution in [-0.4, -0.2) is 45.9 Å². The smallest absolute Gasteiger partial charge is 0.178 e. The van der Waals surface area contributed by atoms with E-state index in [1.807, 2.05) is 13.0 Å². The average molecular weight is 536 g/mol. The molecule has 2 rings (SSSR count). The van der Waals surface area contributed by atoms with Crippen molar-refractivity contribution in [1.82, 2.24) is 19.6 Å². The second kappa shape index (κ2) is 16.3. The normalized spacial score (nSPS) is 16.8. The van der Waals surface area contributed by atoms with Gasteiger partial charge in [0.2, 0.25) is 0 Å². The van der Waals surface area contributed by atoms with Gasteiger partial charge in [-0.2, -0.15) is 0 Å². The maximum atomic E-state index is 14.2. The molecule has 0 bridgehead atoms. The van der Waals surface area contributed by atoms with Gasteiger partial charge in [-0.1, -0.05) is 43.5 Å². The number of nitrogens with two attached hydrogens (primary N) is 1.